The summed E-state index contributed by atoms with van der Waals surface area (Å²) in [5.41, 5.74) is 4.08. The Morgan fingerprint density at radius 1 is 0.971 bits per heavy atom. The molecule has 0 spiro atoms. The van der Waals surface area contributed by atoms with E-state index >= 15 is 0 Å². The molecule has 0 saturated carbocycles. The zero-order chi connectivity index (χ0) is 23.9. The predicted octanol–water partition coefficient (Wildman–Crippen LogP) is 6.29. The third kappa shape index (κ3) is 3.32. The molecular weight excluding hydrogens is 474 g/mol. The molecule has 0 atom stereocenters. The molecule has 1 aliphatic rings. The zero-order valence-electron chi connectivity index (χ0n) is 18.0. The third-order valence-electron chi connectivity index (χ3n) is 5.73. The number of benzene rings is 2. The van der Waals surface area contributed by atoms with Crippen LogP contribution in [-0.2, 0) is 0 Å². The number of nitrogens with zero attached hydrogens (tertiary/aromatic N) is 5. The summed E-state index contributed by atoms with van der Waals surface area (Å²) in [5, 5.41) is 22.9. The fraction of sp³-hybridized carbons (Fsp3) is 0. The van der Waals surface area contributed by atoms with Crippen LogP contribution in [0.15, 0.2) is 83.4 Å². The first-order valence-electron chi connectivity index (χ1n) is 10.6. The van der Waals surface area contributed by atoms with Gasteiger partial charge in [-0.2, -0.15) is 10.5 Å². The first-order chi connectivity index (χ1) is 17.2. The Balaban J connectivity index is 1.62. The Morgan fingerprint density at radius 2 is 1.71 bits per heavy atom. The van der Waals surface area contributed by atoms with Crippen LogP contribution in [0.1, 0.15) is 21.6 Å². The maximum atomic E-state index is 13.4. The van der Waals surface area contributed by atoms with Crippen molar-refractivity contribution in [1.29, 1.82) is 10.5 Å². The van der Waals surface area contributed by atoms with Crippen LogP contribution in [-0.4, -0.2) is 20.3 Å². The van der Waals surface area contributed by atoms with Crippen molar-refractivity contribution in [2.24, 2.45) is 0 Å². The standard InChI is InChI=1S/C27H13N5OS2/c28-14-16(15-29)23-19-8-4-5-9-20(19)24(33)21(23)12-18-13-22-25(32(18)17-6-2-1-3-7-17)31-27(35-22)26-30-10-11-34-26/h1-13H/b21-12-. The first-order valence-corrected chi connectivity index (χ1v) is 12.3. The molecule has 1 aliphatic carbocycles. The quantitative estimate of drug-likeness (QED) is 0.220. The van der Waals surface area contributed by atoms with Crippen LogP contribution in [0.3, 0.4) is 0 Å². The van der Waals surface area contributed by atoms with E-state index in [-0.39, 0.29) is 11.4 Å². The number of hydrogen-bond donors (Lipinski definition) is 0. The predicted molar refractivity (Wildman–Crippen MR) is 137 cm³/mol. The lowest BCUT2D eigenvalue weighted by Crippen LogP contribution is -2.00. The van der Waals surface area contributed by atoms with Gasteiger partial charge in [-0.3, -0.25) is 9.36 Å². The van der Waals surface area contributed by atoms with E-state index in [4.69, 9.17) is 4.98 Å². The molecular formula is C27H13N5OS2. The summed E-state index contributed by atoms with van der Waals surface area (Å²) < 4.78 is 2.93. The number of fused-ring (bicyclic) bond motifs is 2. The molecule has 5 aromatic rings. The number of rotatable bonds is 3. The molecule has 0 radical (unpaired) electrons. The molecule has 0 fully saturated rings. The molecule has 8 heteroatoms. The van der Waals surface area contributed by atoms with Gasteiger partial charge in [0.05, 0.1) is 4.70 Å². The minimum atomic E-state index is -0.209. The number of carbonyl (C=O) groups excluding carboxylic acids is 1. The smallest absolute Gasteiger partial charge is 0.194 e. The van der Waals surface area contributed by atoms with Crippen molar-refractivity contribution in [1.82, 2.24) is 14.5 Å². The molecule has 164 valence electrons. The molecule has 0 saturated heterocycles. The van der Waals surface area contributed by atoms with E-state index in [9.17, 15) is 15.3 Å². The summed E-state index contributed by atoms with van der Waals surface area (Å²) in [6.07, 6.45) is 3.52. The highest BCUT2D eigenvalue weighted by Crippen LogP contribution is 2.41. The molecule has 0 amide bonds. The molecule has 3 heterocycles. The summed E-state index contributed by atoms with van der Waals surface area (Å²) in [6, 6.07) is 22.8. The lowest BCUT2D eigenvalue weighted by atomic mass is 9.99. The normalized spacial score (nSPS) is 13.7. The second kappa shape index (κ2) is 8.30. The van der Waals surface area contributed by atoms with Gasteiger partial charge in [0, 0.05) is 39.7 Å². The van der Waals surface area contributed by atoms with Crippen LogP contribution in [0.25, 0.3) is 37.7 Å². The van der Waals surface area contributed by atoms with Gasteiger partial charge < -0.3 is 0 Å². The number of aromatic nitrogens is 3. The third-order valence-corrected chi connectivity index (χ3v) is 7.64. The number of para-hydroxylation sites is 1. The average Bonchev–Trinajstić information content (AvgIpc) is 3.66. The molecule has 0 unspecified atom stereocenters. The Bertz CT molecular complexity index is 1760. The summed E-state index contributed by atoms with van der Waals surface area (Å²) in [6.45, 7) is 0. The fourth-order valence-electron chi connectivity index (χ4n) is 4.27. The lowest BCUT2D eigenvalue weighted by Gasteiger charge is -2.08. The number of thiazole rings is 2. The molecule has 2 aromatic carbocycles. The molecule has 0 N–H and O–H groups in total. The van der Waals surface area contributed by atoms with Gasteiger partial charge in [-0.15, -0.1) is 22.7 Å². The highest BCUT2D eigenvalue weighted by molar-refractivity contribution is 7.24. The monoisotopic (exact) mass is 487 g/mol. The van der Waals surface area contributed by atoms with Crippen LogP contribution in [0, 0.1) is 22.7 Å². The van der Waals surface area contributed by atoms with Gasteiger partial charge in [0.1, 0.15) is 17.7 Å². The number of hydrogen-bond acceptors (Lipinski definition) is 7. The minimum absolute atomic E-state index is 0.0849. The van der Waals surface area contributed by atoms with Crippen molar-refractivity contribution < 1.29 is 4.79 Å². The van der Waals surface area contributed by atoms with Gasteiger partial charge in [-0.05, 0) is 29.8 Å². The number of carbonyl (C=O) groups is 1. The Morgan fingerprint density at radius 3 is 2.43 bits per heavy atom. The molecule has 3 aromatic heterocycles. The van der Waals surface area contributed by atoms with Crippen molar-refractivity contribution in [3.05, 3.63) is 100 Å². The van der Waals surface area contributed by atoms with Crippen molar-refractivity contribution in [2.45, 2.75) is 0 Å². The van der Waals surface area contributed by atoms with Crippen LogP contribution in [0.4, 0.5) is 0 Å². The SMILES string of the molecule is N#CC(C#N)=C1/C(=C/c2cc3sc(-c4nccs4)nc3n2-c2ccccc2)C(=O)c2ccccc21. The number of Topliss-reactive ketones (excluding diaryl/α,β-unsaturated/α-hetero) is 1. The maximum Gasteiger partial charge on any atom is 0.194 e. The maximum absolute atomic E-state index is 13.4. The van der Waals surface area contributed by atoms with Crippen LogP contribution in [0.5, 0.6) is 0 Å². The van der Waals surface area contributed by atoms with E-state index in [1.165, 1.54) is 22.7 Å². The minimum Gasteiger partial charge on any atom is -0.294 e. The van der Waals surface area contributed by atoms with E-state index in [1.54, 1.807) is 36.5 Å². The average molecular weight is 488 g/mol. The summed E-state index contributed by atoms with van der Waals surface area (Å²) >= 11 is 3.06. The zero-order valence-corrected chi connectivity index (χ0v) is 19.6. The Labute approximate surface area is 208 Å². The summed E-state index contributed by atoms with van der Waals surface area (Å²) in [7, 11) is 0. The van der Waals surface area contributed by atoms with E-state index < -0.39 is 0 Å². The van der Waals surface area contributed by atoms with Gasteiger partial charge in [0.15, 0.2) is 21.4 Å². The number of ketones is 1. The molecule has 6 rings (SSSR count). The lowest BCUT2D eigenvalue weighted by molar-refractivity contribution is 0.104. The Kier molecular flexibility index (Phi) is 4.97. The second-order valence-corrected chi connectivity index (χ2v) is 9.62. The topological polar surface area (TPSA) is 95.4 Å². The van der Waals surface area contributed by atoms with E-state index in [2.05, 4.69) is 4.98 Å². The van der Waals surface area contributed by atoms with Gasteiger partial charge in [0.25, 0.3) is 0 Å². The van der Waals surface area contributed by atoms with Crippen molar-refractivity contribution in [3.8, 4) is 27.8 Å². The van der Waals surface area contributed by atoms with Gasteiger partial charge >= 0.3 is 0 Å². The van der Waals surface area contributed by atoms with E-state index in [1.807, 2.05) is 58.5 Å². The van der Waals surface area contributed by atoms with Gasteiger partial charge in [-0.25, -0.2) is 9.97 Å². The Hall–Kier alpha value is -4.63. The van der Waals surface area contributed by atoms with Crippen LogP contribution < -0.4 is 0 Å². The number of allylic oxidation sites excluding steroid dienone is 3. The summed E-state index contributed by atoms with van der Waals surface area (Å²) in [5.74, 6) is -0.209. The van der Waals surface area contributed by atoms with Crippen LogP contribution in [0.2, 0.25) is 0 Å². The highest BCUT2D eigenvalue weighted by Gasteiger charge is 2.32. The molecule has 0 bridgehead atoms. The highest BCUT2D eigenvalue weighted by atomic mass is 32.1. The van der Waals surface area contributed by atoms with Gasteiger partial charge in [0.2, 0.25) is 0 Å². The molecule has 35 heavy (non-hydrogen) atoms. The van der Waals surface area contributed by atoms with Crippen molar-refractivity contribution >= 4 is 50.5 Å². The van der Waals surface area contributed by atoms with E-state index in [0.717, 1.165) is 31.7 Å². The molecule has 0 aliphatic heterocycles. The van der Waals surface area contributed by atoms with Crippen molar-refractivity contribution in [3.63, 3.8) is 0 Å². The van der Waals surface area contributed by atoms with Crippen LogP contribution >= 0.6 is 22.7 Å². The summed E-state index contributed by atoms with van der Waals surface area (Å²) in [4.78, 5) is 22.7. The van der Waals surface area contributed by atoms with Gasteiger partial charge in [-0.1, -0.05) is 42.5 Å². The van der Waals surface area contributed by atoms with E-state index in [0.29, 0.717) is 22.3 Å². The second-order valence-electron chi connectivity index (χ2n) is 7.69. The van der Waals surface area contributed by atoms with Crippen molar-refractivity contribution in [2.75, 3.05) is 0 Å². The largest absolute Gasteiger partial charge is 0.294 e. The fourth-order valence-corrected chi connectivity index (χ4v) is 5.95. The first kappa shape index (κ1) is 20.9. The number of nitriles is 2. The molecule has 6 nitrogen and oxygen atoms in total.